The molecule has 4 aromatic rings. The predicted molar refractivity (Wildman–Crippen MR) is 103 cm³/mol. The van der Waals surface area contributed by atoms with Crippen molar-refractivity contribution in [2.24, 2.45) is 0 Å². The molecule has 0 aliphatic rings. The van der Waals surface area contributed by atoms with E-state index in [4.69, 9.17) is 11.6 Å². The molecule has 4 rings (SSSR count). The fourth-order valence-electron chi connectivity index (χ4n) is 2.87. The fourth-order valence-corrected chi connectivity index (χ4v) is 3.83. The molecule has 0 saturated carbocycles. The van der Waals surface area contributed by atoms with Gasteiger partial charge in [-0.15, -0.1) is 11.3 Å². The van der Waals surface area contributed by atoms with Crippen LogP contribution >= 0.6 is 22.9 Å². The number of fused-ring (bicyclic) bond motifs is 1. The van der Waals surface area contributed by atoms with E-state index in [0.717, 1.165) is 21.8 Å². The molecular formula is C19H14ClN3O2S. The van der Waals surface area contributed by atoms with Crippen LogP contribution in [0.3, 0.4) is 0 Å². The van der Waals surface area contributed by atoms with E-state index in [9.17, 15) is 9.90 Å². The lowest BCUT2D eigenvalue weighted by molar-refractivity contribution is 0.0691. The van der Waals surface area contributed by atoms with E-state index in [0.29, 0.717) is 22.7 Å². The first kappa shape index (κ1) is 16.8. The molecule has 0 unspecified atom stereocenters. The summed E-state index contributed by atoms with van der Waals surface area (Å²) in [6, 6.07) is 13.2. The Hall–Kier alpha value is -2.70. The molecule has 0 amide bonds. The van der Waals surface area contributed by atoms with Crippen LogP contribution in [-0.2, 0) is 6.54 Å². The molecule has 5 nitrogen and oxygen atoms in total. The van der Waals surface area contributed by atoms with Gasteiger partial charge in [0.05, 0.1) is 6.54 Å². The van der Waals surface area contributed by atoms with Crippen LogP contribution < -0.4 is 0 Å². The van der Waals surface area contributed by atoms with E-state index in [1.54, 1.807) is 17.4 Å². The van der Waals surface area contributed by atoms with Crippen molar-refractivity contribution in [1.29, 1.82) is 0 Å². The summed E-state index contributed by atoms with van der Waals surface area (Å²) < 4.78 is 1.88. The Bertz CT molecular complexity index is 1120. The molecule has 0 saturated heterocycles. The highest BCUT2D eigenvalue weighted by atomic mass is 35.5. The van der Waals surface area contributed by atoms with E-state index < -0.39 is 5.97 Å². The number of aryl methyl sites for hydroxylation is 1. The van der Waals surface area contributed by atoms with Crippen LogP contribution in [0.15, 0.2) is 47.8 Å². The topological polar surface area (TPSA) is 68.0 Å². The van der Waals surface area contributed by atoms with E-state index in [-0.39, 0.29) is 5.69 Å². The molecule has 0 fully saturated rings. The Balaban J connectivity index is 1.74. The SMILES string of the molecule is Cc1nc2ccc(C(=O)O)nc2n1Cc1ccc(-c2cccs2)cc1Cl. The van der Waals surface area contributed by atoms with Gasteiger partial charge in [0.2, 0.25) is 0 Å². The second kappa shape index (κ2) is 6.55. The smallest absolute Gasteiger partial charge is 0.354 e. The Labute approximate surface area is 158 Å². The first-order chi connectivity index (χ1) is 12.5. The molecule has 130 valence electrons. The van der Waals surface area contributed by atoms with Crippen molar-refractivity contribution in [2.75, 3.05) is 0 Å². The fraction of sp³-hybridized carbons (Fsp3) is 0.105. The Morgan fingerprint density at radius 3 is 2.77 bits per heavy atom. The monoisotopic (exact) mass is 383 g/mol. The van der Waals surface area contributed by atoms with Crippen LogP contribution in [0.4, 0.5) is 0 Å². The highest BCUT2D eigenvalue weighted by Crippen LogP contribution is 2.30. The number of pyridine rings is 1. The quantitative estimate of drug-likeness (QED) is 0.546. The third-order valence-corrected chi connectivity index (χ3v) is 5.46. The molecule has 3 aromatic heterocycles. The number of aromatic carboxylic acids is 1. The summed E-state index contributed by atoms with van der Waals surface area (Å²) in [5, 5.41) is 11.9. The van der Waals surface area contributed by atoms with Gasteiger partial charge in [0, 0.05) is 9.90 Å². The van der Waals surface area contributed by atoms with Crippen LogP contribution in [0.2, 0.25) is 5.02 Å². The van der Waals surface area contributed by atoms with Crippen molar-refractivity contribution in [3.63, 3.8) is 0 Å². The van der Waals surface area contributed by atoms with Gasteiger partial charge in [-0.1, -0.05) is 29.8 Å². The number of nitrogens with zero attached hydrogens (tertiary/aromatic N) is 3. The van der Waals surface area contributed by atoms with Gasteiger partial charge in [-0.3, -0.25) is 0 Å². The minimum atomic E-state index is -1.06. The number of benzene rings is 1. The number of hydrogen-bond acceptors (Lipinski definition) is 4. The molecular weight excluding hydrogens is 370 g/mol. The summed E-state index contributed by atoms with van der Waals surface area (Å²) in [6.07, 6.45) is 0. The standard InChI is InChI=1S/C19H14ClN3O2S/c1-11-21-15-6-7-16(19(24)25)22-18(15)23(11)10-13-5-4-12(9-14(13)20)17-3-2-8-26-17/h2-9H,10H2,1H3,(H,24,25). The molecule has 1 N–H and O–H groups in total. The van der Waals surface area contributed by atoms with Gasteiger partial charge in [0.1, 0.15) is 11.3 Å². The lowest BCUT2D eigenvalue weighted by Gasteiger charge is -2.10. The van der Waals surface area contributed by atoms with Crippen molar-refractivity contribution < 1.29 is 9.90 Å². The maximum absolute atomic E-state index is 11.2. The van der Waals surface area contributed by atoms with E-state index in [1.165, 1.54) is 6.07 Å². The molecule has 0 aliphatic heterocycles. The lowest BCUT2D eigenvalue weighted by atomic mass is 10.1. The third kappa shape index (κ3) is 2.98. The molecule has 7 heteroatoms. The van der Waals surface area contributed by atoms with Crippen molar-refractivity contribution in [2.45, 2.75) is 13.5 Å². The van der Waals surface area contributed by atoms with Crippen molar-refractivity contribution in [1.82, 2.24) is 14.5 Å². The van der Waals surface area contributed by atoms with Gasteiger partial charge in [0.15, 0.2) is 11.3 Å². The number of carboxylic acids is 1. The van der Waals surface area contributed by atoms with Crippen molar-refractivity contribution in [3.8, 4) is 10.4 Å². The van der Waals surface area contributed by atoms with Gasteiger partial charge in [0.25, 0.3) is 0 Å². The van der Waals surface area contributed by atoms with E-state index in [2.05, 4.69) is 16.0 Å². The second-order valence-corrected chi connectivity index (χ2v) is 7.23. The van der Waals surface area contributed by atoms with Crippen LogP contribution in [0.5, 0.6) is 0 Å². The summed E-state index contributed by atoms with van der Waals surface area (Å²) in [6.45, 7) is 2.35. The molecule has 0 atom stereocenters. The van der Waals surface area contributed by atoms with E-state index >= 15 is 0 Å². The van der Waals surface area contributed by atoms with Crippen LogP contribution in [0.25, 0.3) is 21.6 Å². The van der Waals surface area contributed by atoms with Crippen molar-refractivity contribution >= 4 is 40.1 Å². The minimum Gasteiger partial charge on any atom is -0.477 e. The Kier molecular flexibility index (Phi) is 4.22. The Morgan fingerprint density at radius 2 is 2.08 bits per heavy atom. The molecule has 0 spiro atoms. The summed E-state index contributed by atoms with van der Waals surface area (Å²) >= 11 is 8.17. The number of imidazole rings is 1. The summed E-state index contributed by atoms with van der Waals surface area (Å²) in [7, 11) is 0. The van der Waals surface area contributed by atoms with Crippen LogP contribution in [-0.4, -0.2) is 25.6 Å². The minimum absolute atomic E-state index is 0.00205. The summed E-state index contributed by atoms with van der Waals surface area (Å²) in [4.78, 5) is 21.1. The number of rotatable bonds is 4. The third-order valence-electron chi connectivity index (χ3n) is 4.19. The average molecular weight is 384 g/mol. The van der Waals surface area contributed by atoms with Gasteiger partial charge < -0.3 is 9.67 Å². The van der Waals surface area contributed by atoms with Gasteiger partial charge >= 0.3 is 5.97 Å². The van der Waals surface area contributed by atoms with E-state index in [1.807, 2.05) is 41.1 Å². The molecule has 26 heavy (non-hydrogen) atoms. The van der Waals surface area contributed by atoms with Gasteiger partial charge in [-0.2, -0.15) is 0 Å². The largest absolute Gasteiger partial charge is 0.477 e. The number of thiophene rings is 1. The average Bonchev–Trinajstić information content (AvgIpc) is 3.24. The van der Waals surface area contributed by atoms with Crippen LogP contribution in [0.1, 0.15) is 21.9 Å². The predicted octanol–water partition coefficient (Wildman–Crippen LogP) is 4.87. The number of hydrogen-bond donors (Lipinski definition) is 1. The molecule has 1 aromatic carbocycles. The highest BCUT2D eigenvalue weighted by molar-refractivity contribution is 7.13. The zero-order valence-electron chi connectivity index (χ0n) is 13.8. The second-order valence-electron chi connectivity index (χ2n) is 5.87. The Morgan fingerprint density at radius 1 is 1.23 bits per heavy atom. The zero-order chi connectivity index (χ0) is 18.3. The number of halogens is 1. The number of carbonyl (C=O) groups is 1. The highest BCUT2D eigenvalue weighted by Gasteiger charge is 2.14. The van der Waals surface area contributed by atoms with Crippen LogP contribution in [0, 0.1) is 6.92 Å². The maximum atomic E-state index is 11.2. The van der Waals surface area contributed by atoms with Crippen molar-refractivity contribution in [3.05, 3.63) is 69.9 Å². The number of aromatic nitrogens is 3. The summed E-state index contributed by atoms with van der Waals surface area (Å²) in [5.74, 6) is -0.302. The molecule has 0 bridgehead atoms. The maximum Gasteiger partial charge on any atom is 0.354 e. The zero-order valence-corrected chi connectivity index (χ0v) is 15.4. The number of carboxylic acid groups (broad SMARTS) is 1. The van der Waals surface area contributed by atoms with Gasteiger partial charge in [-0.05, 0) is 47.7 Å². The molecule has 0 radical (unpaired) electrons. The molecule has 0 aliphatic carbocycles. The molecule has 3 heterocycles. The van der Waals surface area contributed by atoms with Gasteiger partial charge in [-0.25, -0.2) is 14.8 Å². The lowest BCUT2D eigenvalue weighted by Crippen LogP contribution is -2.06. The first-order valence-electron chi connectivity index (χ1n) is 7.92. The normalized spacial score (nSPS) is 11.2. The summed E-state index contributed by atoms with van der Waals surface area (Å²) in [5.41, 5.74) is 3.21. The first-order valence-corrected chi connectivity index (χ1v) is 9.18.